The van der Waals surface area contributed by atoms with Crippen molar-refractivity contribution in [2.24, 2.45) is 12.0 Å². The Morgan fingerprint density at radius 2 is 1.68 bits per heavy atom. The Morgan fingerprint density at radius 3 is 2.35 bits per heavy atom. The second kappa shape index (κ2) is 8.62. The van der Waals surface area contributed by atoms with Crippen LogP contribution in [0.2, 0.25) is 0 Å². The maximum Gasteiger partial charge on any atom is 0.343 e. The number of aliphatic imine (C=N–C) groups is 1. The average molecular weight is 412 g/mol. The number of hydrogen-bond acceptors (Lipinski definition) is 5. The molecule has 4 rings (SSSR count). The van der Waals surface area contributed by atoms with Crippen molar-refractivity contribution in [3.8, 4) is 11.4 Å². The summed E-state index contributed by atoms with van der Waals surface area (Å²) in [7, 11) is 1.83. The third-order valence-corrected chi connectivity index (χ3v) is 4.87. The van der Waals surface area contributed by atoms with E-state index in [-0.39, 0.29) is 5.56 Å². The minimum absolute atomic E-state index is 0.189. The molecule has 31 heavy (non-hydrogen) atoms. The second-order valence-electron chi connectivity index (χ2n) is 6.86. The molecule has 7 heteroatoms. The standard InChI is InChI=1S/C24H20N4O3/c1-17-22(23(29)28(27(17)2)20-6-4-3-5-7-20)26-16-18-8-10-21(11-9-18)31-24(30)19-12-14-25-15-13-19/h3-16H,1-2H3. The third kappa shape index (κ3) is 4.20. The summed E-state index contributed by atoms with van der Waals surface area (Å²) in [5.41, 5.74) is 2.92. The zero-order chi connectivity index (χ0) is 21.8. The van der Waals surface area contributed by atoms with E-state index >= 15 is 0 Å². The molecule has 4 aromatic rings. The zero-order valence-corrected chi connectivity index (χ0v) is 17.1. The topological polar surface area (TPSA) is 78.5 Å². The van der Waals surface area contributed by atoms with Crippen molar-refractivity contribution in [3.63, 3.8) is 0 Å². The molecule has 0 fully saturated rings. The van der Waals surface area contributed by atoms with Crippen LogP contribution < -0.4 is 10.3 Å². The van der Waals surface area contributed by atoms with Gasteiger partial charge in [0.1, 0.15) is 5.75 Å². The fourth-order valence-electron chi connectivity index (χ4n) is 3.12. The number of carbonyl (C=O) groups excluding carboxylic acids is 1. The number of esters is 1. The van der Waals surface area contributed by atoms with Crippen LogP contribution in [0.1, 0.15) is 21.6 Å². The molecule has 0 aliphatic rings. The normalized spacial score (nSPS) is 11.0. The number of rotatable bonds is 5. The number of benzene rings is 2. The fourth-order valence-corrected chi connectivity index (χ4v) is 3.12. The van der Waals surface area contributed by atoms with E-state index in [4.69, 9.17) is 4.74 Å². The number of aromatic nitrogens is 3. The van der Waals surface area contributed by atoms with Crippen LogP contribution in [0.25, 0.3) is 5.69 Å². The Hall–Kier alpha value is -4.26. The number of hydrogen-bond donors (Lipinski definition) is 0. The van der Waals surface area contributed by atoms with Gasteiger partial charge >= 0.3 is 5.97 Å². The maximum absolute atomic E-state index is 12.9. The molecule has 2 heterocycles. The lowest BCUT2D eigenvalue weighted by Gasteiger charge is -2.07. The van der Waals surface area contributed by atoms with Crippen molar-refractivity contribution in [1.29, 1.82) is 0 Å². The van der Waals surface area contributed by atoms with Gasteiger partial charge < -0.3 is 4.74 Å². The minimum atomic E-state index is -0.454. The van der Waals surface area contributed by atoms with Gasteiger partial charge in [-0.05, 0) is 61.0 Å². The molecular weight excluding hydrogens is 392 g/mol. The molecule has 154 valence electrons. The van der Waals surface area contributed by atoms with Crippen LogP contribution in [-0.4, -0.2) is 26.5 Å². The molecule has 0 bridgehead atoms. The quantitative estimate of drug-likeness (QED) is 0.283. The van der Waals surface area contributed by atoms with Gasteiger partial charge in [-0.25, -0.2) is 14.5 Å². The lowest BCUT2D eigenvalue weighted by molar-refractivity contribution is 0.0734. The second-order valence-corrected chi connectivity index (χ2v) is 6.86. The van der Waals surface area contributed by atoms with Crippen molar-refractivity contribution >= 4 is 17.9 Å². The Balaban J connectivity index is 1.53. The van der Waals surface area contributed by atoms with Crippen molar-refractivity contribution in [2.75, 3.05) is 0 Å². The predicted octanol–water partition coefficient (Wildman–Crippen LogP) is 3.85. The molecule has 0 amide bonds. The molecule has 0 saturated heterocycles. The van der Waals surface area contributed by atoms with Gasteiger partial charge in [-0.1, -0.05) is 18.2 Å². The molecule has 2 aromatic carbocycles. The van der Waals surface area contributed by atoms with E-state index in [2.05, 4.69) is 9.98 Å². The minimum Gasteiger partial charge on any atom is -0.423 e. The van der Waals surface area contributed by atoms with Gasteiger partial charge in [-0.3, -0.25) is 14.5 Å². The molecule has 0 aliphatic carbocycles. The highest BCUT2D eigenvalue weighted by molar-refractivity contribution is 5.91. The molecule has 0 atom stereocenters. The van der Waals surface area contributed by atoms with Gasteiger partial charge in [0, 0.05) is 25.7 Å². The van der Waals surface area contributed by atoms with Crippen LogP contribution >= 0.6 is 0 Å². The van der Waals surface area contributed by atoms with Crippen molar-refractivity contribution in [2.45, 2.75) is 6.92 Å². The van der Waals surface area contributed by atoms with Gasteiger partial charge in [0.15, 0.2) is 5.69 Å². The summed E-state index contributed by atoms with van der Waals surface area (Å²) in [6.07, 6.45) is 4.69. The highest BCUT2D eigenvalue weighted by atomic mass is 16.5. The van der Waals surface area contributed by atoms with Crippen LogP contribution in [-0.2, 0) is 7.05 Å². The Labute approximate surface area is 178 Å². The number of carbonyl (C=O) groups is 1. The summed E-state index contributed by atoms with van der Waals surface area (Å²) in [6, 6.07) is 19.5. The van der Waals surface area contributed by atoms with Crippen LogP contribution in [0.5, 0.6) is 5.75 Å². The predicted molar refractivity (Wildman–Crippen MR) is 119 cm³/mol. The number of para-hydroxylation sites is 1. The molecule has 0 aliphatic heterocycles. The summed E-state index contributed by atoms with van der Waals surface area (Å²) in [5.74, 6) is -0.0357. The van der Waals surface area contributed by atoms with E-state index in [1.165, 1.54) is 12.4 Å². The molecule has 0 unspecified atom stereocenters. The smallest absolute Gasteiger partial charge is 0.343 e. The molecular formula is C24H20N4O3. The first kappa shape index (κ1) is 20.0. The van der Waals surface area contributed by atoms with Crippen LogP contribution in [0.15, 0.2) is 88.9 Å². The first-order valence-corrected chi connectivity index (χ1v) is 9.65. The Kier molecular flexibility index (Phi) is 5.57. The monoisotopic (exact) mass is 412 g/mol. The molecule has 2 aromatic heterocycles. The number of pyridine rings is 1. The van der Waals surface area contributed by atoms with Gasteiger partial charge in [-0.15, -0.1) is 0 Å². The van der Waals surface area contributed by atoms with Gasteiger partial charge in [0.25, 0.3) is 5.56 Å². The SMILES string of the molecule is Cc1c(N=Cc2ccc(OC(=O)c3ccncc3)cc2)c(=O)n(-c2ccccc2)n1C. The average Bonchev–Trinajstić information content (AvgIpc) is 3.02. The first-order valence-electron chi connectivity index (χ1n) is 9.65. The lowest BCUT2D eigenvalue weighted by atomic mass is 10.2. The van der Waals surface area contributed by atoms with Gasteiger partial charge in [-0.2, -0.15) is 0 Å². The van der Waals surface area contributed by atoms with Crippen molar-refractivity contribution in [1.82, 2.24) is 14.3 Å². The molecule has 0 N–H and O–H groups in total. The van der Waals surface area contributed by atoms with Gasteiger partial charge in [0.05, 0.1) is 16.9 Å². The molecule has 0 radical (unpaired) electrons. The summed E-state index contributed by atoms with van der Waals surface area (Å²) >= 11 is 0. The Bertz CT molecular complexity index is 1290. The first-order chi connectivity index (χ1) is 15.0. The Morgan fingerprint density at radius 1 is 1.00 bits per heavy atom. The fraction of sp³-hybridized carbons (Fsp3) is 0.0833. The molecule has 0 spiro atoms. The van der Waals surface area contributed by atoms with E-state index in [1.807, 2.05) is 44.3 Å². The summed E-state index contributed by atoms with van der Waals surface area (Å²) in [5, 5.41) is 0. The van der Waals surface area contributed by atoms with E-state index in [0.29, 0.717) is 17.0 Å². The van der Waals surface area contributed by atoms with Crippen LogP contribution in [0, 0.1) is 6.92 Å². The summed E-state index contributed by atoms with van der Waals surface area (Å²) in [4.78, 5) is 33.3. The van der Waals surface area contributed by atoms with Crippen LogP contribution in [0.3, 0.4) is 0 Å². The lowest BCUT2D eigenvalue weighted by Crippen LogP contribution is -2.19. The highest BCUT2D eigenvalue weighted by Gasteiger charge is 2.15. The molecule has 7 nitrogen and oxygen atoms in total. The van der Waals surface area contributed by atoms with E-state index in [1.54, 1.807) is 52.0 Å². The summed E-state index contributed by atoms with van der Waals surface area (Å²) in [6.45, 7) is 1.86. The largest absolute Gasteiger partial charge is 0.423 e. The number of nitrogens with zero attached hydrogens (tertiary/aromatic N) is 4. The van der Waals surface area contributed by atoms with E-state index in [9.17, 15) is 9.59 Å². The van der Waals surface area contributed by atoms with E-state index in [0.717, 1.165) is 16.9 Å². The van der Waals surface area contributed by atoms with Crippen molar-refractivity contribution in [3.05, 3.63) is 106 Å². The maximum atomic E-state index is 12.9. The zero-order valence-electron chi connectivity index (χ0n) is 17.1. The van der Waals surface area contributed by atoms with Gasteiger partial charge in [0.2, 0.25) is 0 Å². The van der Waals surface area contributed by atoms with Crippen molar-refractivity contribution < 1.29 is 9.53 Å². The van der Waals surface area contributed by atoms with E-state index < -0.39 is 5.97 Å². The number of ether oxygens (including phenoxy) is 1. The molecule has 0 saturated carbocycles. The summed E-state index contributed by atoms with van der Waals surface area (Å²) < 4.78 is 8.73. The van der Waals surface area contributed by atoms with Crippen LogP contribution in [0.4, 0.5) is 5.69 Å². The third-order valence-electron chi connectivity index (χ3n) is 4.87. The highest BCUT2D eigenvalue weighted by Crippen LogP contribution is 2.18.